The molecule has 166 valence electrons. The van der Waals surface area contributed by atoms with Gasteiger partial charge in [0.25, 0.3) is 5.56 Å². The van der Waals surface area contributed by atoms with Crippen LogP contribution in [0.2, 0.25) is 5.02 Å². The van der Waals surface area contributed by atoms with Gasteiger partial charge in [-0.05, 0) is 48.5 Å². The number of benzene rings is 3. The van der Waals surface area contributed by atoms with Gasteiger partial charge >= 0.3 is 0 Å². The molecule has 33 heavy (non-hydrogen) atoms. The minimum atomic E-state index is -0.322. The Labute approximate surface area is 196 Å². The lowest BCUT2D eigenvalue weighted by molar-refractivity contribution is 0.122. The Bertz CT molecular complexity index is 1390. The summed E-state index contributed by atoms with van der Waals surface area (Å²) in [5, 5.41) is 12.7. The molecule has 1 aliphatic rings. The highest BCUT2D eigenvalue weighted by atomic mass is 35.5. The molecule has 0 saturated carbocycles. The molecule has 1 N–H and O–H groups in total. The smallest absolute Gasteiger partial charge is 0.265 e. The van der Waals surface area contributed by atoms with E-state index in [-0.39, 0.29) is 11.4 Å². The lowest BCUT2D eigenvalue weighted by Crippen LogP contribution is -2.36. The third-order valence-corrected chi connectivity index (χ3v) is 5.97. The van der Waals surface area contributed by atoms with Crippen molar-refractivity contribution in [1.82, 2.24) is 4.57 Å². The number of pyridine rings is 1. The van der Waals surface area contributed by atoms with E-state index in [2.05, 4.69) is 9.89 Å². The van der Waals surface area contributed by atoms with E-state index >= 15 is 0 Å². The van der Waals surface area contributed by atoms with Crippen molar-refractivity contribution in [2.24, 2.45) is 4.99 Å². The fourth-order valence-corrected chi connectivity index (χ4v) is 4.24. The fraction of sp³-hybridized carbons (Fsp3) is 0.154. The van der Waals surface area contributed by atoms with Gasteiger partial charge in [-0.1, -0.05) is 35.9 Å². The summed E-state index contributed by atoms with van der Waals surface area (Å²) in [6.07, 6.45) is 1.60. The van der Waals surface area contributed by atoms with Crippen molar-refractivity contribution in [3.05, 3.63) is 93.7 Å². The maximum Gasteiger partial charge on any atom is 0.265 e. The summed E-state index contributed by atoms with van der Waals surface area (Å²) in [6.45, 7) is 3.20. The average Bonchev–Trinajstić information content (AvgIpc) is 2.85. The molecule has 3 aromatic carbocycles. The molecule has 0 unspecified atom stereocenters. The largest absolute Gasteiger partial charge is 0.494 e. The first kappa shape index (κ1) is 21.2. The lowest BCUT2D eigenvalue weighted by atomic mass is 10.1. The van der Waals surface area contributed by atoms with Crippen LogP contribution in [0.1, 0.15) is 5.56 Å². The van der Waals surface area contributed by atoms with E-state index in [9.17, 15) is 9.90 Å². The van der Waals surface area contributed by atoms with Crippen molar-refractivity contribution < 1.29 is 9.84 Å². The van der Waals surface area contributed by atoms with E-state index in [1.54, 1.807) is 42.6 Å². The summed E-state index contributed by atoms with van der Waals surface area (Å²) in [5.74, 6) is -0.186. The van der Waals surface area contributed by atoms with Crippen LogP contribution in [0.5, 0.6) is 5.88 Å². The standard InChI is InChI=1S/C26H22ClN3O3/c27-18-4-3-5-21(16-18)30-25(31)23-7-2-1-6-22(23)24(26(30)32)17-28-19-8-10-20(11-9-19)29-12-14-33-15-13-29/h1-11,16-17,32H,12-15H2. The van der Waals surface area contributed by atoms with Gasteiger partial charge in [-0.3, -0.25) is 9.79 Å². The van der Waals surface area contributed by atoms with E-state index < -0.39 is 0 Å². The molecule has 2 heterocycles. The number of hydrogen-bond donors (Lipinski definition) is 1. The SMILES string of the molecule is O=c1c2ccccc2c(C=Nc2ccc(N3CCOCC3)cc2)c(O)n1-c1cccc(Cl)c1. The van der Waals surface area contributed by atoms with Crippen molar-refractivity contribution in [3.8, 4) is 11.6 Å². The van der Waals surface area contributed by atoms with Crippen LogP contribution in [0, 0.1) is 0 Å². The molecular formula is C26H22ClN3O3. The van der Waals surface area contributed by atoms with Gasteiger partial charge < -0.3 is 14.7 Å². The summed E-state index contributed by atoms with van der Waals surface area (Å²) in [6, 6.07) is 21.9. The Morgan fingerprint density at radius 3 is 2.36 bits per heavy atom. The highest BCUT2D eigenvalue weighted by Crippen LogP contribution is 2.28. The molecule has 1 fully saturated rings. The van der Waals surface area contributed by atoms with Gasteiger partial charge in [-0.2, -0.15) is 0 Å². The molecule has 1 aromatic heterocycles. The van der Waals surface area contributed by atoms with Crippen LogP contribution in [-0.2, 0) is 4.74 Å². The van der Waals surface area contributed by atoms with E-state index in [4.69, 9.17) is 16.3 Å². The van der Waals surface area contributed by atoms with E-state index in [1.807, 2.05) is 36.4 Å². The van der Waals surface area contributed by atoms with Crippen molar-refractivity contribution in [1.29, 1.82) is 0 Å². The fourth-order valence-electron chi connectivity index (χ4n) is 4.05. The van der Waals surface area contributed by atoms with Crippen LogP contribution in [0.15, 0.2) is 82.6 Å². The number of aliphatic imine (C=N–C) groups is 1. The molecule has 5 rings (SSSR count). The third kappa shape index (κ3) is 4.23. The monoisotopic (exact) mass is 459 g/mol. The maximum atomic E-state index is 13.2. The molecule has 0 radical (unpaired) electrons. The van der Waals surface area contributed by atoms with Crippen LogP contribution >= 0.6 is 11.6 Å². The molecule has 1 aliphatic heterocycles. The van der Waals surface area contributed by atoms with Gasteiger partial charge in [0, 0.05) is 40.8 Å². The minimum Gasteiger partial charge on any atom is -0.494 e. The van der Waals surface area contributed by atoms with Crippen molar-refractivity contribution >= 4 is 40.0 Å². The summed E-state index contributed by atoms with van der Waals surface area (Å²) >= 11 is 6.13. The average molecular weight is 460 g/mol. The number of fused-ring (bicyclic) bond motifs is 1. The molecule has 0 atom stereocenters. The quantitative estimate of drug-likeness (QED) is 0.439. The number of anilines is 1. The molecule has 0 spiro atoms. The number of hydrogen-bond acceptors (Lipinski definition) is 5. The first-order valence-electron chi connectivity index (χ1n) is 10.7. The number of morpholine rings is 1. The lowest BCUT2D eigenvalue weighted by Gasteiger charge is -2.28. The van der Waals surface area contributed by atoms with E-state index in [1.165, 1.54) is 4.57 Å². The molecule has 1 saturated heterocycles. The minimum absolute atomic E-state index is 0.186. The van der Waals surface area contributed by atoms with Gasteiger partial charge in [0.2, 0.25) is 5.88 Å². The number of nitrogens with zero attached hydrogens (tertiary/aromatic N) is 3. The zero-order chi connectivity index (χ0) is 22.8. The first-order chi connectivity index (χ1) is 16.1. The third-order valence-electron chi connectivity index (χ3n) is 5.74. The van der Waals surface area contributed by atoms with Gasteiger partial charge in [-0.15, -0.1) is 0 Å². The molecular weight excluding hydrogens is 438 g/mol. The summed E-state index contributed by atoms with van der Waals surface area (Å²) in [5.41, 5.74) is 2.50. The second-order valence-corrected chi connectivity index (χ2v) is 8.21. The molecule has 0 aliphatic carbocycles. The van der Waals surface area contributed by atoms with Gasteiger partial charge in [0.05, 0.1) is 30.2 Å². The number of ether oxygens (including phenoxy) is 1. The highest BCUT2D eigenvalue weighted by molar-refractivity contribution is 6.30. The second kappa shape index (κ2) is 9.10. The second-order valence-electron chi connectivity index (χ2n) is 7.78. The van der Waals surface area contributed by atoms with Crippen LogP contribution in [-0.4, -0.2) is 42.2 Å². The van der Waals surface area contributed by atoms with Crippen molar-refractivity contribution in [3.63, 3.8) is 0 Å². The molecule has 6 nitrogen and oxygen atoms in total. The Balaban J connectivity index is 1.56. The van der Waals surface area contributed by atoms with Crippen LogP contribution < -0.4 is 10.5 Å². The summed E-state index contributed by atoms with van der Waals surface area (Å²) < 4.78 is 6.68. The topological polar surface area (TPSA) is 67.1 Å². The predicted molar refractivity (Wildman–Crippen MR) is 133 cm³/mol. The zero-order valence-electron chi connectivity index (χ0n) is 17.8. The summed E-state index contributed by atoms with van der Waals surface area (Å²) in [7, 11) is 0. The highest BCUT2D eigenvalue weighted by Gasteiger charge is 2.16. The molecule has 7 heteroatoms. The number of aromatic hydroxyl groups is 1. The van der Waals surface area contributed by atoms with Crippen LogP contribution in [0.3, 0.4) is 0 Å². The van der Waals surface area contributed by atoms with E-state index in [0.717, 1.165) is 37.7 Å². The van der Waals surface area contributed by atoms with Gasteiger partial charge in [-0.25, -0.2) is 4.57 Å². The van der Waals surface area contributed by atoms with Crippen LogP contribution in [0.25, 0.3) is 16.5 Å². The van der Waals surface area contributed by atoms with Crippen molar-refractivity contribution in [2.45, 2.75) is 0 Å². The van der Waals surface area contributed by atoms with Gasteiger partial charge in [0.1, 0.15) is 0 Å². The number of halogens is 1. The first-order valence-corrected chi connectivity index (χ1v) is 11.1. The Morgan fingerprint density at radius 1 is 0.909 bits per heavy atom. The van der Waals surface area contributed by atoms with Crippen LogP contribution in [0.4, 0.5) is 11.4 Å². The van der Waals surface area contributed by atoms with Gasteiger partial charge in [0.15, 0.2) is 0 Å². The number of rotatable bonds is 4. The maximum absolute atomic E-state index is 13.2. The van der Waals surface area contributed by atoms with E-state index in [0.29, 0.717) is 27.0 Å². The zero-order valence-corrected chi connectivity index (χ0v) is 18.6. The molecule has 0 bridgehead atoms. The molecule has 0 amide bonds. The predicted octanol–water partition coefficient (Wildman–Crippen LogP) is 4.94. The normalized spacial score (nSPS) is 14.3. The van der Waals surface area contributed by atoms with Crippen molar-refractivity contribution in [2.75, 3.05) is 31.2 Å². The summed E-state index contributed by atoms with van der Waals surface area (Å²) in [4.78, 5) is 20.0. The molecule has 4 aromatic rings. The Kier molecular flexibility index (Phi) is 5.86. The Morgan fingerprint density at radius 2 is 1.64 bits per heavy atom. The number of aromatic nitrogens is 1. The Hall–Kier alpha value is -3.61.